The van der Waals surface area contributed by atoms with Crippen molar-refractivity contribution in [2.75, 3.05) is 13.2 Å². The molecule has 23 heavy (non-hydrogen) atoms. The summed E-state index contributed by atoms with van der Waals surface area (Å²) in [4.78, 5) is 22.6. The van der Waals surface area contributed by atoms with E-state index in [0.29, 0.717) is 24.3 Å². The Morgan fingerprint density at radius 3 is 2.35 bits per heavy atom. The van der Waals surface area contributed by atoms with Crippen molar-refractivity contribution in [1.29, 1.82) is 0 Å². The van der Waals surface area contributed by atoms with Crippen molar-refractivity contribution >= 4 is 12.2 Å². The second kappa shape index (κ2) is 7.58. The van der Waals surface area contributed by atoms with Crippen LogP contribution in [0.1, 0.15) is 37.4 Å². The third-order valence-electron chi connectivity index (χ3n) is 3.82. The van der Waals surface area contributed by atoms with E-state index in [0.717, 1.165) is 23.2 Å². The number of rotatable bonds is 6. The summed E-state index contributed by atoms with van der Waals surface area (Å²) in [6.07, 6.45) is 0.752. The van der Waals surface area contributed by atoms with E-state index in [1.165, 1.54) is 5.56 Å². The van der Waals surface area contributed by atoms with Gasteiger partial charge in [-0.05, 0) is 49.6 Å². The maximum atomic E-state index is 12.0. The fraction of sp³-hybridized carbons (Fsp3) is 0.263. The van der Waals surface area contributed by atoms with Crippen LogP contribution in [0.3, 0.4) is 0 Å². The molecule has 0 fully saturated rings. The van der Waals surface area contributed by atoms with Crippen LogP contribution in [0.5, 0.6) is 5.75 Å². The third-order valence-corrected chi connectivity index (χ3v) is 3.82. The van der Waals surface area contributed by atoms with Crippen molar-refractivity contribution in [2.24, 2.45) is 0 Å². The zero-order valence-corrected chi connectivity index (χ0v) is 13.7. The van der Waals surface area contributed by atoms with Crippen LogP contribution < -0.4 is 10.1 Å². The molecule has 0 radical (unpaired) electrons. The molecule has 0 spiro atoms. The number of ether oxygens (including phenoxy) is 1. The maximum absolute atomic E-state index is 12.0. The Bertz CT molecular complexity index is 705. The van der Waals surface area contributed by atoms with E-state index in [4.69, 9.17) is 4.74 Å². The molecule has 0 unspecified atom stereocenters. The highest BCUT2D eigenvalue weighted by molar-refractivity contribution is 5.94. The van der Waals surface area contributed by atoms with Gasteiger partial charge in [0.1, 0.15) is 18.6 Å². The summed E-state index contributed by atoms with van der Waals surface area (Å²) in [5.41, 5.74) is 4.48. The predicted molar refractivity (Wildman–Crippen MR) is 90.3 cm³/mol. The molecule has 2 aromatic carbocycles. The second-order valence-electron chi connectivity index (χ2n) is 5.50. The molecule has 0 bridgehead atoms. The van der Waals surface area contributed by atoms with Gasteiger partial charge < -0.3 is 10.1 Å². The van der Waals surface area contributed by atoms with Gasteiger partial charge in [-0.25, -0.2) is 0 Å². The molecule has 4 nitrogen and oxygen atoms in total. The lowest BCUT2D eigenvalue weighted by atomic mass is 10.1. The largest absolute Gasteiger partial charge is 0.491 e. The number of aryl methyl sites for hydroxylation is 2. The van der Waals surface area contributed by atoms with Crippen molar-refractivity contribution < 1.29 is 14.3 Å². The molecule has 0 saturated carbocycles. The van der Waals surface area contributed by atoms with Gasteiger partial charge in [-0.1, -0.05) is 24.3 Å². The smallest absolute Gasteiger partial charge is 0.251 e. The Balaban J connectivity index is 1.86. The number of aldehydes is 1. The van der Waals surface area contributed by atoms with Crippen LogP contribution in [0.4, 0.5) is 0 Å². The van der Waals surface area contributed by atoms with Gasteiger partial charge in [0.05, 0.1) is 6.54 Å². The van der Waals surface area contributed by atoms with Crippen molar-refractivity contribution in [2.45, 2.75) is 20.8 Å². The number of carbonyl (C=O) groups is 2. The Hall–Kier alpha value is -2.62. The molecule has 0 aromatic heterocycles. The van der Waals surface area contributed by atoms with Crippen LogP contribution in [0.15, 0.2) is 36.4 Å². The summed E-state index contributed by atoms with van der Waals surface area (Å²) in [6, 6.07) is 10.6. The molecule has 0 saturated heterocycles. The summed E-state index contributed by atoms with van der Waals surface area (Å²) in [7, 11) is 0. The topological polar surface area (TPSA) is 55.4 Å². The van der Waals surface area contributed by atoms with Gasteiger partial charge in [-0.3, -0.25) is 9.59 Å². The molecule has 0 atom stereocenters. The Morgan fingerprint density at radius 1 is 1.04 bits per heavy atom. The molecule has 0 aliphatic carbocycles. The number of carbonyl (C=O) groups excluding carboxylic acids is 2. The quantitative estimate of drug-likeness (QED) is 0.658. The molecule has 1 amide bonds. The van der Waals surface area contributed by atoms with Crippen LogP contribution in [-0.2, 0) is 0 Å². The summed E-state index contributed by atoms with van der Waals surface area (Å²) < 4.78 is 5.81. The number of hydrogen-bond acceptors (Lipinski definition) is 3. The van der Waals surface area contributed by atoms with Gasteiger partial charge in [-0.2, -0.15) is 0 Å². The highest BCUT2D eigenvalue weighted by atomic mass is 16.5. The minimum atomic E-state index is -0.177. The molecular weight excluding hydrogens is 290 g/mol. The molecule has 2 aromatic rings. The molecule has 0 heterocycles. The standard InChI is InChI=1S/C19H21NO3/c1-13-4-5-14(2)18(15(13)3)23-11-10-20-19(22)17-8-6-16(12-21)7-9-17/h4-9,12H,10-11H2,1-3H3,(H,20,22). The number of benzene rings is 2. The van der Waals surface area contributed by atoms with Crippen LogP contribution in [0.2, 0.25) is 0 Å². The minimum Gasteiger partial charge on any atom is -0.491 e. The lowest BCUT2D eigenvalue weighted by Gasteiger charge is -2.14. The monoisotopic (exact) mass is 311 g/mol. The normalized spacial score (nSPS) is 10.2. The summed E-state index contributed by atoms with van der Waals surface area (Å²) in [6.45, 7) is 6.91. The number of amides is 1. The van der Waals surface area contributed by atoms with E-state index in [9.17, 15) is 9.59 Å². The van der Waals surface area contributed by atoms with Gasteiger partial charge in [0.15, 0.2) is 0 Å². The fourth-order valence-electron chi connectivity index (χ4n) is 2.28. The summed E-state index contributed by atoms with van der Waals surface area (Å²) >= 11 is 0. The molecule has 120 valence electrons. The zero-order valence-electron chi connectivity index (χ0n) is 13.7. The molecule has 2 rings (SSSR count). The maximum Gasteiger partial charge on any atom is 0.251 e. The van der Waals surface area contributed by atoms with Gasteiger partial charge >= 0.3 is 0 Å². The zero-order chi connectivity index (χ0) is 16.8. The Morgan fingerprint density at radius 2 is 1.70 bits per heavy atom. The van der Waals surface area contributed by atoms with Gasteiger partial charge in [0, 0.05) is 11.1 Å². The Labute approximate surface area is 136 Å². The summed E-state index contributed by atoms with van der Waals surface area (Å²) in [5, 5.41) is 2.81. The number of hydrogen-bond donors (Lipinski definition) is 1. The summed E-state index contributed by atoms with van der Waals surface area (Å²) in [5.74, 6) is 0.707. The number of nitrogens with one attached hydrogen (secondary N) is 1. The van der Waals surface area contributed by atoms with Crippen molar-refractivity contribution in [3.8, 4) is 5.75 Å². The lowest BCUT2D eigenvalue weighted by molar-refractivity contribution is 0.0946. The molecule has 0 aliphatic rings. The van der Waals surface area contributed by atoms with E-state index >= 15 is 0 Å². The molecule has 1 N–H and O–H groups in total. The van der Waals surface area contributed by atoms with E-state index < -0.39 is 0 Å². The van der Waals surface area contributed by atoms with E-state index in [2.05, 4.69) is 11.4 Å². The molecule has 4 heteroatoms. The highest BCUT2D eigenvalue weighted by Crippen LogP contribution is 2.25. The molecule has 0 aliphatic heterocycles. The van der Waals surface area contributed by atoms with E-state index in [1.807, 2.05) is 26.8 Å². The Kier molecular flexibility index (Phi) is 5.52. The van der Waals surface area contributed by atoms with Crippen LogP contribution in [-0.4, -0.2) is 25.3 Å². The van der Waals surface area contributed by atoms with Gasteiger partial charge in [0.25, 0.3) is 5.91 Å². The van der Waals surface area contributed by atoms with Crippen LogP contribution in [0, 0.1) is 20.8 Å². The van der Waals surface area contributed by atoms with Gasteiger partial charge in [-0.15, -0.1) is 0 Å². The first-order chi connectivity index (χ1) is 11.0. The predicted octanol–water partition coefficient (Wildman–Crippen LogP) is 3.23. The van der Waals surface area contributed by atoms with Crippen LogP contribution in [0.25, 0.3) is 0 Å². The second-order valence-corrected chi connectivity index (χ2v) is 5.50. The first-order valence-corrected chi connectivity index (χ1v) is 7.56. The van der Waals surface area contributed by atoms with Crippen molar-refractivity contribution in [3.05, 3.63) is 64.2 Å². The molecular formula is C19H21NO3. The van der Waals surface area contributed by atoms with Crippen molar-refractivity contribution in [1.82, 2.24) is 5.32 Å². The van der Waals surface area contributed by atoms with E-state index in [1.54, 1.807) is 24.3 Å². The van der Waals surface area contributed by atoms with Gasteiger partial charge in [0.2, 0.25) is 0 Å². The van der Waals surface area contributed by atoms with Crippen LogP contribution >= 0.6 is 0 Å². The third kappa shape index (κ3) is 4.19. The fourth-order valence-corrected chi connectivity index (χ4v) is 2.28. The average Bonchev–Trinajstić information content (AvgIpc) is 2.57. The SMILES string of the molecule is Cc1ccc(C)c(OCCNC(=O)c2ccc(C=O)cc2)c1C. The first kappa shape index (κ1) is 16.7. The minimum absolute atomic E-state index is 0.177. The van der Waals surface area contributed by atoms with Crippen molar-refractivity contribution in [3.63, 3.8) is 0 Å². The lowest BCUT2D eigenvalue weighted by Crippen LogP contribution is -2.28. The van der Waals surface area contributed by atoms with E-state index in [-0.39, 0.29) is 5.91 Å². The average molecular weight is 311 g/mol. The first-order valence-electron chi connectivity index (χ1n) is 7.56. The highest BCUT2D eigenvalue weighted by Gasteiger charge is 2.07.